The first-order valence-electron chi connectivity index (χ1n) is 1.91. The summed E-state index contributed by atoms with van der Waals surface area (Å²) in [7, 11) is 0. The smallest absolute Gasteiger partial charge is 0.416 e. The SMILES string of the molecule is [2H]n1ccoc1=O. The average Bonchev–Trinajstić information content (AvgIpc) is 1.91. The molecule has 0 aromatic carbocycles. The van der Waals surface area contributed by atoms with E-state index in [0.29, 0.717) is 4.98 Å². The molecule has 0 saturated heterocycles. The van der Waals surface area contributed by atoms with Crippen LogP contribution in [0, 0.1) is 0 Å². The average molecular weight is 86.1 g/mol. The third kappa shape index (κ3) is 0.337. The molecule has 1 N–H and O–H groups in total. The molecular weight excluding hydrogens is 82.0 g/mol. The maximum Gasteiger partial charge on any atom is 0.416 e. The van der Waals surface area contributed by atoms with Crippen LogP contribution in [0.15, 0.2) is 21.7 Å². The van der Waals surface area contributed by atoms with Crippen molar-refractivity contribution < 1.29 is 5.83 Å². The van der Waals surface area contributed by atoms with E-state index in [1.54, 1.807) is 0 Å². The second kappa shape index (κ2) is 1.01. The molecule has 0 atom stereocenters. The van der Waals surface area contributed by atoms with E-state index in [1.807, 2.05) is 0 Å². The molecule has 32 valence electrons. The predicted octanol–water partition coefficient (Wildman–Crippen LogP) is -0.0321. The summed E-state index contributed by atoms with van der Waals surface area (Å²) < 4.78 is 10.8. The summed E-state index contributed by atoms with van der Waals surface area (Å²) in [6.45, 7) is 0. The Bertz CT molecular complexity index is 201. The molecule has 0 spiro atoms. The second-order valence-electron chi connectivity index (χ2n) is 0.798. The van der Waals surface area contributed by atoms with Crippen LogP contribution >= 0.6 is 0 Å². The van der Waals surface area contributed by atoms with Crippen molar-refractivity contribution in [1.82, 2.24) is 4.98 Å². The molecular formula is C3H3NO2. The first kappa shape index (κ1) is 2.23. The zero-order chi connectivity index (χ0) is 5.28. The van der Waals surface area contributed by atoms with Gasteiger partial charge in [0.25, 0.3) is 0 Å². The second-order valence-corrected chi connectivity index (χ2v) is 0.798. The van der Waals surface area contributed by atoms with Gasteiger partial charge in [0, 0.05) is 6.20 Å². The summed E-state index contributed by atoms with van der Waals surface area (Å²) in [4.78, 5) is 10.6. The fraction of sp³-hybridized carbons (Fsp3) is 0. The summed E-state index contributed by atoms with van der Waals surface area (Å²) in [5.41, 5.74) is 0. The normalized spacial score (nSPS) is 11.0. The van der Waals surface area contributed by atoms with Crippen LogP contribution in [0.1, 0.15) is 0 Å². The molecule has 1 aromatic rings. The number of aromatic amines is 1. The van der Waals surface area contributed by atoms with Crippen molar-refractivity contribution in [3.8, 4) is 0 Å². The lowest BCUT2D eigenvalue weighted by molar-refractivity contribution is 0.515. The molecule has 0 saturated carbocycles. The van der Waals surface area contributed by atoms with Crippen molar-refractivity contribution in [3.05, 3.63) is 23.0 Å². The van der Waals surface area contributed by atoms with Crippen molar-refractivity contribution in [3.63, 3.8) is 0 Å². The molecule has 0 amide bonds. The Hall–Kier alpha value is -0.990. The summed E-state index contributed by atoms with van der Waals surface area (Å²) in [5, 5.41) is 0. The van der Waals surface area contributed by atoms with Gasteiger partial charge in [-0.2, -0.15) is 0 Å². The van der Waals surface area contributed by atoms with Gasteiger partial charge in [0.15, 0.2) is 1.41 Å². The minimum Gasteiger partial charge on any atom is -0.417 e. The highest BCUT2D eigenvalue weighted by molar-refractivity contribution is 4.58. The first-order chi connectivity index (χ1) is 3.30. The van der Waals surface area contributed by atoms with Crippen LogP contribution in [-0.2, 0) is 0 Å². The van der Waals surface area contributed by atoms with Crippen LogP contribution in [-0.4, -0.2) is 4.98 Å². The third-order valence-corrected chi connectivity index (χ3v) is 0.410. The fourth-order valence-corrected chi connectivity index (χ4v) is 0.210. The van der Waals surface area contributed by atoms with Crippen molar-refractivity contribution >= 4 is 0 Å². The van der Waals surface area contributed by atoms with Gasteiger partial charge in [0.1, 0.15) is 6.26 Å². The number of nitrogens with one attached hydrogen (secondary N) is 1. The molecule has 0 fully saturated rings. The van der Waals surface area contributed by atoms with E-state index in [9.17, 15) is 4.79 Å². The van der Waals surface area contributed by atoms with Gasteiger partial charge < -0.3 is 4.42 Å². The summed E-state index contributed by atoms with van der Waals surface area (Å²) in [5.74, 6) is -0.653. The van der Waals surface area contributed by atoms with Gasteiger partial charge in [-0.1, -0.05) is 0 Å². The van der Waals surface area contributed by atoms with Gasteiger partial charge in [-0.3, -0.25) is 4.98 Å². The molecule has 1 rings (SSSR count). The fourth-order valence-electron chi connectivity index (χ4n) is 0.210. The van der Waals surface area contributed by atoms with E-state index in [0.717, 1.165) is 6.26 Å². The minimum atomic E-state index is -0.653. The van der Waals surface area contributed by atoms with Gasteiger partial charge in [-0.25, -0.2) is 4.79 Å². The highest BCUT2D eigenvalue weighted by atomic mass is 16.4. The lowest BCUT2D eigenvalue weighted by Gasteiger charge is -1.51. The Balaban J connectivity index is 3.39. The van der Waals surface area contributed by atoms with E-state index in [-0.39, 0.29) is 0 Å². The van der Waals surface area contributed by atoms with Crippen molar-refractivity contribution in [2.45, 2.75) is 0 Å². The lowest BCUT2D eigenvalue weighted by atomic mass is 11.0. The molecule has 0 unspecified atom stereocenters. The van der Waals surface area contributed by atoms with E-state index in [4.69, 9.17) is 1.41 Å². The number of hydrogen-bond acceptors (Lipinski definition) is 2. The van der Waals surface area contributed by atoms with Crippen molar-refractivity contribution in [2.75, 3.05) is 0 Å². The predicted molar refractivity (Wildman–Crippen MR) is 19.3 cm³/mol. The lowest BCUT2D eigenvalue weighted by Crippen LogP contribution is -1.91. The summed E-state index contributed by atoms with van der Waals surface area (Å²) >= 11 is 0. The highest BCUT2D eigenvalue weighted by Gasteiger charge is 1.72. The molecule has 1 aromatic heterocycles. The summed E-state index contributed by atoms with van der Waals surface area (Å²) in [6, 6.07) is 0. The maximum absolute atomic E-state index is 10.0. The van der Waals surface area contributed by atoms with Crippen LogP contribution in [0.25, 0.3) is 0 Å². The maximum atomic E-state index is 10.0. The summed E-state index contributed by atoms with van der Waals surface area (Å²) in [6.07, 6.45) is 2.39. The monoisotopic (exact) mass is 86.0 g/mol. The van der Waals surface area contributed by atoms with Crippen LogP contribution < -0.4 is 5.76 Å². The Morgan fingerprint density at radius 3 is 3.17 bits per heavy atom. The standard InChI is InChI=1S/C3H3NO2/c5-3-4-1-2-6-3/h1-2H,(H,4,5)/i/hD. The third-order valence-electron chi connectivity index (χ3n) is 0.410. The number of aromatic nitrogens is 1. The number of oxazole rings is 1. The highest BCUT2D eigenvalue weighted by Crippen LogP contribution is 1.62. The van der Waals surface area contributed by atoms with Gasteiger partial charge in [0.05, 0.1) is 0 Å². The van der Waals surface area contributed by atoms with Crippen LogP contribution in [0.4, 0.5) is 0 Å². The topological polar surface area (TPSA) is 46.0 Å². The van der Waals surface area contributed by atoms with Gasteiger partial charge in [-0.05, 0) is 0 Å². The van der Waals surface area contributed by atoms with Crippen molar-refractivity contribution in [1.29, 1.82) is 0 Å². The van der Waals surface area contributed by atoms with Crippen LogP contribution in [0.2, 0.25) is 1.41 Å². The molecule has 3 heteroatoms. The molecule has 0 aliphatic carbocycles. The minimum absolute atomic E-state index is 0.611. The van der Waals surface area contributed by atoms with E-state index in [1.165, 1.54) is 6.20 Å². The van der Waals surface area contributed by atoms with Crippen molar-refractivity contribution in [2.24, 2.45) is 0 Å². The molecule has 0 radical (unpaired) electrons. The number of H-pyrrole nitrogens is 1. The molecule has 0 bridgehead atoms. The molecule has 6 heavy (non-hydrogen) atoms. The largest absolute Gasteiger partial charge is 0.417 e. The van der Waals surface area contributed by atoms with Crippen LogP contribution in [0.5, 0.6) is 0 Å². The Morgan fingerprint density at radius 2 is 3.00 bits per heavy atom. The van der Waals surface area contributed by atoms with E-state index < -0.39 is 5.76 Å². The van der Waals surface area contributed by atoms with Gasteiger partial charge >= 0.3 is 5.76 Å². The number of rotatable bonds is 0. The molecule has 3 nitrogen and oxygen atoms in total. The molecule has 0 aliphatic rings. The van der Waals surface area contributed by atoms with Crippen LogP contribution in [0.3, 0.4) is 0 Å². The zero-order valence-electron chi connectivity index (χ0n) is 3.92. The Morgan fingerprint density at radius 1 is 2.17 bits per heavy atom. The van der Waals surface area contributed by atoms with Gasteiger partial charge in [-0.15, -0.1) is 0 Å². The first-order valence-corrected chi connectivity index (χ1v) is 1.46. The van der Waals surface area contributed by atoms with E-state index >= 15 is 0 Å². The molecule has 0 aliphatic heterocycles. The Labute approximate surface area is 35.1 Å². The Kier molecular flexibility index (Phi) is 0.374. The van der Waals surface area contributed by atoms with E-state index in [2.05, 4.69) is 4.42 Å². The van der Waals surface area contributed by atoms with Gasteiger partial charge in [0.2, 0.25) is 0 Å². The quantitative estimate of drug-likeness (QED) is 0.481. The number of hydrogen-bond donors (Lipinski definition) is 1. The zero-order valence-corrected chi connectivity index (χ0v) is 2.92. The molecule has 1 heterocycles.